The summed E-state index contributed by atoms with van der Waals surface area (Å²) in [5.41, 5.74) is 12.5. The molecule has 0 aliphatic rings. The first-order chi connectivity index (χ1) is 28.7. The van der Waals surface area contributed by atoms with E-state index in [1.54, 1.807) is 0 Å². The smallest absolute Gasteiger partial charge is 0.135 e. The third-order valence-electron chi connectivity index (χ3n) is 11.5. The van der Waals surface area contributed by atoms with Crippen LogP contribution in [0.1, 0.15) is 0 Å². The largest absolute Gasteiger partial charge is 0.456 e. The van der Waals surface area contributed by atoms with Gasteiger partial charge in [-0.15, -0.1) is 22.7 Å². The van der Waals surface area contributed by atoms with Crippen LogP contribution in [-0.2, 0) is 0 Å². The molecule has 272 valence electrons. The van der Waals surface area contributed by atoms with E-state index in [4.69, 9.17) is 4.42 Å². The lowest BCUT2D eigenvalue weighted by Gasteiger charge is -2.27. The number of anilines is 3. The van der Waals surface area contributed by atoms with Gasteiger partial charge in [-0.1, -0.05) is 146 Å². The molecule has 4 heteroatoms. The predicted molar refractivity (Wildman–Crippen MR) is 250 cm³/mol. The Balaban J connectivity index is 1.14. The Kier molecular flexibility index (Phi) is 7.62. The summed E-state index contributed by atoms with van der Waals surface area (Å²) in [7, 11) is 0. The second kappa shape index (κ2) is 13.3. The Labute approximate surface area is 343 Å². The van der Waals surface area contributed by atoms with Gasteiger partial charge >= 0.3 is 0 Å². The van der Waals surface area contributed by atoms with Gasteiger partial charge in [0.2, 0.25) is 0 Å². The predicted octanol–water partition coefficient (Wildman–Crippen LogP) is 16.8. The maximum absolute atomic E-state index is 6.35. The Bertz CT molecular complexity index is 3510. The molecule has 0 N–H and O–H groups in total. The third kappa shape index (κ3) is 5.30. The fourth-order valence-electron chi connectivity index (χ4n) is 8.75. The van der Waals surface area contributed by atoms with Crippen LogP contribution in [0.15, 0.2) is 205 Å². The quantitative estimate of drug-likeness (QED) is 0.167. The van der Waals surface area contributed by atoms with Gasteiger partial charge in [0, 0.05) is 62.5 Å². The minimum absolute atomic E-state index is 0.886. The van der Waals surface area contributed by atoms with E-state index >= 15 is 0 Å². The first kappa shape index (κ1) is 33.2. The summed E-state index contributed by atoms with van der Waals surface area (Å²) in [5, 5.41) is 7.26. The van der Waals surface area contributed by atoms with Crippen molar-refractivity contribution in [3.05, 3.63) is 200 Å². The minimum Gasteiger partial charge on any atom is -0.456 e. The second-order valence-corrected chi connectivity index (χ2v) is 16.9. The van der Waals surface area contributed by atoms with Crippen LogP contribution in [-0.4, -0.2) is 0 Å². The van der Waals surface area contributed by atoms with Crippen LogP contribution < -0.4 is 4.90 Å². The van der Waals surface area contributed by atoms with Gasteiger partial charge in [-0.3, -0.25) is 0 Å². The average Bonchev–Trinajstić information content (AvgIpc) is 3.98. The summed E-state index contributed by atoms with van der Waals surface area (Å²) in [5.74, 6) is 0. The molecule has 0 spiro atoms. The lowest BCUT2D eigenvalue weighted by atomic mass is 9.98. The summed E-state index contributed by atoms with van der Waals surface area (Å²) in [4.78, 5) is 2.47. The fraction of sp³-hybridized carbons (Fsp3) is 0. The Morgan fingerprint density at radius 1 is 0.345 bits per heavy atom. The maximum Gasteiger partial charge on any atom is 0.135 e. The van der Waals surface area contributed by atoms with E-state index in [1.807, 2.05) is 28.7 Å². The SMILES string of the molecule is c1ccc(-c2ccc3c(c2)sc2c(-c4ccccc4)ccc(N(c4ccc5oc6ccccc6c5c4)c4ccc5sc6c(-c7ccccc7)cccc6c5c4)c23)cc1. The molecule has 0 atom stereocenters. The Morgan fingerprint density at radius 3 is 1.74 bits per heavy atom. The number of hydrogen-bond acceptors (Lipinski definition) is 4. The van der Waals surface area contributed by atoms with Gasteiger partial charge in [0.25, 0.3) is 0 Å². The zero-order valence-electron chi connectivity index (χ0n) is 31.2. The molecular formula is C54H33NOS2. The van der Waals surface area contributed by atoms with Gasteiger partial charge in [-0.25, -0.2) is 0 Å². The van der Waals surface area contributed by atoms with Gasteiger partial charge in [0.1, 0.15) is 11.2 Å². The zero-order valence-corrected chi connectivity index (χ0v) is 32.9. The molecule has 0 aliphatic heterocycles. The summed E-state index contributed by atoms with van der Waals surface area (Å²) in [6.07, 6.45) is 0. The maximum atomic E-state index is 6.35. The number of rotatable bonds is 6. The van der Waals surface area contributed by atoms with Crippen molar-refractivity contribution in [2.24, 2.45) is 0 Å². The minimum atomic E-state index is 0.886. The van der Waals surface area contributed by atoms with E-state index in [-0.39, 0.29) is 0 Å². The van der Waals surface area contributed by atoms with Crippen LogP contribution in [0.4, 0.5) is 17.1 Å². The molecule has 0 radical (unpaired) electrons. The molecular weight excluding hydrogens is 743 g/mol. The topological polar surface area (TPSA) is 16.4 Å². The molecule has 0 amide bonds. The number of nitrogens with zero attached hydrogens (tertiary/aromatic N) is 1. The summed E-state index contributed by atoms with van der Waals surface area (Å²) in [6, 6.07) is 72.7. The first-order valence-corrected chi connectivity index (χ1v) is 21.2. The molecule has 2 nitrogen and oxygen atoms in total. The van der Waals surface area contributed by atoms with Gasteiger partial charge in [0.15, 0.2) is 0 Å². The van der Waals surface area contributed by atoms with Crippen molar-refractivity contribution in [2.45, 2.75) is 0 Å². The molecule has 3 heterocycles. The second-order valence-electron chi connectivity index (χ2n) is 14.8. The number of hydrogen-bond donors (Lipinski definition) is 0. The van der Waals surface area contributed by atoms with Crippen LogP contribution in [0.2, 0.25) is 0 Å². The van der Waals surface area contributed by atoms with Crippen LogP contribution >= 0.6 is 22.7 Å². The molecule has 0 fully saturated rings. The number of benzene rings is 9. The molecule has 3 aromatic heterocycles. The van der Waals surface area contributed by atoms with E-state index in [1.165, 1.54) is 73.7 Å². The van der Waals surface area contributed by atoms with Crippen LogP contribution in [0, 0.1) is 0 Å². The van der Waals surface area contributed by atoms with E-state index < -0.39 is 0 Å². The van der Waals surface area contributed by atoms with Crippen molar-refractivity contribution in [1.82, 2.24) is 0 Å². The van der Waals surface area contributed by atoms with E-state index in [2.05, 4.69) is 199 Å². The van der Waals surface area contributed by atoms with Crippen molar-refractivity contribution in [2.75, 3.05) is 4.90 Å². The highest BCUT2D eigenvalue weighted by atomic mass is 32.1. The molecule has 9 aromatic carbocycles. The molecule has 0 aliphatic carbocycles. The summed E-state index contributed by atoms with van der Waals surface area (Å²) < 4.78 is 11.5. The number of fused-ring (bicyclic) bond motifs is 9. The normalized spacial score (nSPS) is 11.8. The van der Waals surface area contributed by atoms with Gasteiger partial charge < -0.3 is 9.32 Å². The van der Waals surface area contributed by atoms with Crippen LogP contribution in [0.25, 0.3) is 95.7 Å². The van der Waals surface area contributed by atoms with Gasteiger partial charge in [-0.05, 0) is 88.0 Å². The zero-order chi connectivity index (χ0) is 38.2. The molecule has 12 aromatic rings. The van der Waals surface area contributed by atoms with Crippen LogP contribution in [0.5, 0.6) is 0 Å². The van der Waals surface area contributed by atoms with Crippen molar-refractivity contribution in [3.8, 4) is 33.4 Å². The van der Waals surface area contributed by atoms with E-state index in [0.717, 1.165) is 39.0 Å². The third-order valence-corrected chi connectivity index (χ3v) is 13.9. The lowest BCUT2D eigenvalue weighted by Crippen LogP contribution is -2.10. The summed E-state index contributed by atoms with van der Waals surface area (Å²) in [6.45, 7) is 0. The van der Waals surface area contributed by atoms with Gasteiger partial charge in [0.05, 0.1) is 5.69 Å². The number of para-hydroxylation sites is 1. The lowest BCUT2D eigenvalue weighted by molar-refractivity contribution is 0.669. The highest BCUT2D eigenvalue weighted by Gasteiger charge is 2.23. The molecule has 0 saturated heterocycles. The molecule has 0 saturated carbocycles. The first-order valence-electron chi connectivity index (χ1n) is 19.6. The fourth-order valence-corrected chi connectivity index (χ4v) is 11.3. The van der Waals surface area contributed by atoms with Crippen LogP contribution in [0.3, 0.4) is 0 Å². The standard InChI is InChI=1S/C54H33NOS2/c1-4-13-34(14-5-1)37-23-26-44-51(31-37)58-54-41(36-17-8-3-9-18-36)27-28-47(52(44)54)55(38-24-29-49-45(32-38)42-19-10-11-22-48(42)56-49)39-25-30-50-46(33-39)43-21-12-20-40(53(43)57-50)35-15-6-2-7-16-35/h1-33H. The van der Waals surface area contributed by atoms with E-state index in [9.17, 15) is 0 Å². The highest BCUT2D eigenvalue weighted by Crippen LogP contribution is 2.50. The van der Waals surface area contributed by atoms with Crippen molar-refractivity contribution in [3.63, 3.8) is 0 Å². The molecule has 12 rings (SSSR count). The van der Waals surface area contributed by atoms with Gasteiger partial charge in [-0.2, -0.15) is 0 Å². The average molecular weight is 776 g/mol. The molecule has 0 bridgehead atoms. The summed E-state index contributed by atoms with van der Waals surface area (Å²) >= 11 is 3.76. The van der Waals surface area contributed by atoms with Crippen molar-refractivity contribution < 1.29 is 4.42 Å². The highest BCUT2D eigenvalue weighted by molar-refractivity contribution is 7.26. The van der Waals surface area contributed by atoms with Crippen molar-refractivity contribution in [1.29, 1.82) is 0 Å². The molecule has 58 heavy (non-hydrogen) atoms. The Hall–Kier alpha value is -6.98. The number of thiophene rings is 2. The Morgan fingerprint density at radius 2 is 0.966 bits per heavy atom. The molecule has 0 unspecified atom stereocenters. The van der Waals surface area contributed by atoms with Crippen molar-refractivity contribution >= 4 is 102 Å². The number of furan rings is 1. The van der Waals surface area contributed by atoms with E-state index in [0.29, 0.717) is 0 Å². The monoisotopic (exact) mass is 775 g/mol.